The molecule has 2 aliphatic heterocycles. The van der Waals surface area contributed by atoms with Gasteiger partial charge >= 0.3 is 0 Å². The standard InChI is InChI=1S/C12H12ClNO4/c13-9-3-7(10-4-14-1-2-16-10)11-12(8(9)5-15)18-6-17-11/h3,5,10,14H,1-2,4,6H2. The lowest BCUT2D eigenvalue weighted by Gasteiger charge is -2.25. The molecule has 0 amide bonds. The maximum Gasteiger partial charge on any atom is 0.231 e. The van der Waals surface area contributed by atoms with Gasteiger partial charge < -0.3 is 19.5 Å². The summed E-state index contributed by atoms with van der Waals surface area (Å²) in [5, 5.41) is 3.60. The van der Waals surface area contributed by atoms with Gasteiger partial charge in [0.1, 0.15) is 0 Å². The first-order chi connectivity index (χ1) is 8.81. The topological polar surface area (TPSA) is 56.8 Å². The van der Waals surface area contributed by atoms with Crippen LogP contribution in [0.5, 0.6) is 11.5 Å². The highest BCUT2D eigenvalue weighted by molar-refractivity contribution is 6.33. The molecule has 0 aromatic heterocycles. The highest BCUT2D eigenvalue weighted by Gasteiger charge is 2.29. The van der Waals surface area contributed by atoms with Crippen LogP contribution in [0.25, 0.3) is 0 Å². The van der Waals surface area contributed by atoms with E-state index in [0.29, 0.717) is 41.5 Å². The Morgan fingerprint density at radius 1 is 1.39 bits per heavy atom. The van der Waals surface area contributed by atoms with Crippen LogP contribution in [-0.2, 0) is 4.74 Å². The Balaban J connectivity index is 2.07. The SMILES string of the molecule is O=Cc1c(Cl)cc(C2CNCCO2)c2c1OCO2. The number of morpholine rings is 1. The Hall–Kier alpha value is -1.30. The normalized spacial score (nSPS) is 21.9. The molecule has 1 aromatic rings. The number of halogens is 1. The van der Waals surface area contributed by atoms with Crippen molar-refractivity contribution in [1.82, 2.24) is 5.32 Å². The number of fused-ring (bicyclic) bond motifs is 1. The van der Waals surface area contributed by atoms with Crippen molar-refractivity contribution in [2.45, 2.75) is 6.10 Å². The van der Waals surface area contributed by atoms with Gasteiger partial charge in [0.15, 0.2) is 17.8 Å². The molecule has 1 fully saturated rings. The van der Waals surface area contributed by atoms with Crippen molar-refractivity contribution in [2.24, 2.45) is 0 Å². The van der Waals surface area contributed by atoms with Crippen LogP contribution in [0.4, 0.5) is 0 Å². The fourth-order valence-corrected chi connectivity index (χ4v) is 2.44. The summed E-state index contributed by atoms with van der Waals surface area (Å²) in [6.07, 6.45) is 0.548. The van der Waals surface area contributed by atoms with E-state index < -0.39 is 0 Å². The van der Waals surface area contributed by atoms with Gasteiger partial charge in [0.2, 0.25) is 6.79 Å². The number of hydrogen-bond acceptors (Lipinski definition) is 5. The Kier molecular flexibility index (Phi) is 3.11. The molecule has 1 saturated heterocycles. The predicted molar refractivity (Wildman–Crippen MR) is 64.5 cm³/mol. The summed E-state index contributed by atoms with van der Waals surface area (Å²) in [5.41, 5.74) is 1.15. The van der Waals surface area contributed by atoms with Crippen molar-refractivity contribution in [2.75, 3.05) is 26.5 Å². The summed E-state index contributed by atoms with van der Waals surface area (Å²) >= 11 is 6.09. The highest BCUT2D eigenvalue weighted by Crippen LogP contribution is 2.45. The number of benzene rings is 1. The fraction of sp³-hybridized carbons (Fsp3) is 0.417. The molecule has 96 valence electrons. The van der Waals surface area contributed by atoms with Crippen LogP contribution in [0.3, 0.4) is 0 Å². The molecule has 2 heterocycles. The maximum absolute atomic E-state index is 11.0. The van der Waals surface area contributed by atoms with E-state index in [0.717, 1.165) is 12.1 Å². The zero-order valence-electron chi connectivity index (χ0n) is 9.57. The van der Waals surface area contributed by atoms with E-state index in [1.165, 1.54) is 0 Å². The second kappa shape index (κ2) is 4.76. The molecule has 1 atom stereocenters. The number of aldehydes is 1. The van der Waals surface area contributed by atoms with Crippen LogP contribution < -0.4 is 14.8 Å². The highest BCUT2D eigenvalue weighted by atomic mass is 35.5. The molecule has 2 aliphatic rings. The number of nitrogens with one attached hydrogen (secondary N) is 1. The van der Waals surface area contributed by atoms with E-state index in [9.17, 15) is 4.79 Å². The summed E-state index contributed by atoms with van der Waals surface area (Å²) < 4.78 is 16.4. The van der Waals surface area contributed by atoms with Gasteiger partial charge in [-0.1, -0.05) is 11.6 Å². The van der Waals surface area contributed by atoms with Crippen LogP contribution in [0.15, 0.2) is 6.07 Å². The van der Waals surface area contributed by atoms with Crippen LogP contribution in [0.2, 0.25) is 5.02 Å². The quantitative estimate of drug-likeness (QED) is 0.826. The molecule has 0 saturated carbocycles. The molecule has 6 heteroatoms. The van der Waals surface area contributed by atoms with Gasteiger partial charge in [-0.3, -0.25) is 4.79 Å². The monoisotopic (exact) mass is 269 g/mol. The second-order valence-electron chi connectivity index (χ2n) is 4.11. The molecule has 5 nitrogen and oxygen atoms in total. The maximum atomic E-state index is 11.0. The zero-order chi connectivity index (χ0) is 12.5. The minimum atomic E-state index is -0.132. The van der Waals surface area contributed by atoms with Crippen molar-refractivity contribution in [1.29, 1.82) is 0 Å². The van der Waals surface area contributed by atoms with Crippen molar-refractivity contribution >= 4 is 17.9 Å². The summed E-state index contributed by atoms with van der Waals surface area (Å²) in [7, 11) is 0. The molecule has 18 heavy (non-hydrogen) atoms. The molecule has 1 unspecified atom stereocenters. The van der Waals surface area contributed by atoms with Gasteiger partial charge in [-0.25, -0.2) is 0 Å². The molecular formula is C12H12ClNO4. The van der Waals surface area contributed by atoms with E-state index in [2.05, 4.69) is 5.32 Å². The van der Waals surface area contributed by atoms with Crippen LogP contribution >= 0.6 is 11.6 Å². The molecule has 0 radical (unpaired) electrons. The Bertz CT molecular complexity index is 485. The molecule has 3 rings (SSSR count). The van der Waals surface area contributed by atoms with Gasteiger partial charge in [-0.05, 0) is 6.07 Å². The zero-order valence-corrected chi connectivity index (χ0v) is 10.3. The lowest BCUT2D eigenvalue weighted by molar-refractivity contribution is 0.0259. The van der Waals surface area contributed by atoms with E-state index >= 15 is 0 Å². The van der Waals surface area contributed by atoms with Crippen LogP contribution in [0, 0.1) is 0 Å². The van der Waals surface area contributed by atoms with Crippen molar-refractivity contribution in [3.8, 4) is 11.5 Å². The Morgan fingerprint density at radius 2 is 2.22 bits per heavy atom. The smallest absolute Gasteiger partial charge is 0.231 e. The van der Waals surface area contributed by atoms with E-state index in [-0.39, 0.29) is 12.9 Å². The third-order valence-corrected chi connectivity index (χ3v) is 3.36. The van der Waals surface area contributed by atoms with Crippen molar-refractivity contribution < 1.29 is 19.0 Å². The minimum absolute atomic E-state index is 0.101. The van der Waals surface area contributed by atoms with E-state index in [4.69, 9.17) is 25.8 Å². The van der Waals surface area contributed by atoms with Crippen LogP contribution in [-0.4, -0.2) is 32.8 Å². The third-order valence-electron chi connectivity index (χ3n) is 3.05. The first-order valence-electron chi connectivity index (χ1n) is 5.70. The lowest BCUT2D eigenvalue weighted by atomic mass is 10.0. The number of carbonyl (C=O) groups excluding carboxylic acids is 1. The number of carbonyl (C=O) groups is 1. The molecule has 0 bridgehead atoms. The first kappa shape index (κ1) is 11.8. The molecule has 1 aromatic carbocycles. The summed E-state index contributed by atoms with van der Waals surface area (Å²) in [4.78, 5) is 11.0. The second-order valence-corrected chi connectivity index (χ2v) is 4.51. The average molecular weight is 270 g/mol. The predicted octanol–water partition coefficient (Wildman–Crippen LogP) is 1.54. The van der Waals surface area contributed by atoms with Gasteiger partial charge in [-0.2, -0.15) is 0 Å². The number of ether oxygens (including phenoxy) is 3. The molecule has 0 aliphatic carbocycles. The first-order valence-corrected chi connectivity index (χ1v) is 6.08. The Labute approximate surface area is 109 Å². The molecule has 0 spiro atoms. The van der Waals surface area contributed by atoms with Gasteiger partial charge in [0.05, 0.1) is 23.3 Å². The fourth-order valence-electron chi connectivity index (χ4n) is 2.20. The number of hydrogen-bond donors (Lipinski definition) is 1. The van der Waals surface area contributed by atoms with Crippen molar-refractivity contribution in [3.05, 3.63) is 22.2 Å². The lowest BCUT2D eigenvalue weighted by Crippen LogP contribution is -2.33. The van der Waals surface area contributed by atoms with Gasteiger partial charge in [-0.15, -0.1) is 0 Å². The summed E-state index contributed by atoms with van der Waals surface area (Å²) in [6, 6.07) is 1.72. The van der Waals surface area contributed by atoms with E-state index in [1.54, 1.807) is 6.07 Å². The van der Waals surface area contributed by atoms with E-state index in [1.807, 2.05) is 0 Å². The van der Waals surface area contributed by atoms with Gasteiger partial charge in [0, 0.05) is 18.7 Å². The number of rotatable bonds is 2. The molecule has 1 N–H and O–H groups in total. The Morgan fingerprint density at radius 3 is 2.94 bits per heavy atom. The summed E-state index contributed by atoms with van der Waals surface area (Å²) in [6.45, 7) is 2.25. The average Bonchev–Trinajstić information content (AvgIpc) is 2.88. The summed E-state index contributed by atoms with van der Waals surface area (Å²) in [5.74, 6) is 0.983. The molecular weight excluding hydrogens is 258 g/mol. The van der Waals surface area contributed by atoms with Crippen molar-refractivity contribution in [3.63, 3.8) is 0 Å². The minimum Gasteiger partial charge on any atom is -0.453 e. The third kappa shape index (κ3) is 1.84. The van der Waals surface area contributed by atoms with Crippen LogP contribution in [0.1, 0.15) is 22.0 Å². The van der Waals surface area contributed by atoms with Gasteiger partial charge in [0.25, 0.3) is 0 Å². The largest absolute Gasteiger partial charge is 0.453 e.